The largest absolute Gasteiger partial charge is 0.493 e. The van der Waals surface area contributed by atoms with Crippen molar-refractivity contribution in [3.63, 3.8) is 0 Å². The molecule has 1 aromatic carbocycles. The van der Waals surface area contributed by atoms with Crippen LogP contribution in [0.2, 0.25) is 0 Å². The van der Waals surface area contributed by atoms with Crippen molar-refractivity contribution >= 4 is 29.9 Å². The number of guanidine groups is 1. The van der Waals surface area contributed by atoms with Crippen molar-refractivity contribution in [1.82, 2.24) is 10.6 Å². The van der Waals surface area contributed by atoms with Crippen LogP contribution in [0.5, 0.6) is 11.5 Å². The second kappa shape index (κ2) is 12.5. The third-order valence-electron chi connectivity index (χ3n) is 5.77. The number of ether oxygens (including phenoxy) is 2. The average Bonchev–Trinajstić information content (AvgIpc) is 3.36. The zero-order valence-corrected chi connectivity index (χ0v) is 20.0. The summed E-state index contributed by atoms with van der Waals surface area (Å²) < 4.78 is 11.9. The number of hydrogen-bond donors (Lipinski definition) is 3. The van der Waals surface area contributed by atoms with E-state index in [1.165, 1.54) is 12.8 Å². The molecule has 2 fully saturated rings. The molecule has 2 atom stereocenters. The Balaban J connectivity index is 0.00000300. The van der Waals surface area contributed by atoms with Gasteiger partial charge in [-0.25, -0.2) is 4.99 Å². The van der Waals surface area contributed by atoms with Gasteiger partial charge in [-0.2, -0.15) is 0 Å². The van der Waals surface area contributed by atoms with E-state index < -0.39 is 0 Å². The molecule has 3 N–H and O–H groups in total. The number of halogens is 1. The van der Waals surface area contributed by atoms with E-state index in [9.17, 15) is 5.11 Å². The summed E-state index contributed by atoms with van der Waals surface area (Å²) in [5, 5.41) is 16.7. The highest BCUT2D eigenvalue weighted by atomic mass is 127. The van der Waals surface area contributed by atoms with Gasteiger partial charge in [-0.3, -0.25) is 0 Å². The minimum Gasteiger partial charge on any atom is -0.493 e. The van der Waals surface area contributed by atoms with E-state index in [4.69, 9.17) is 14.5 Å². The maximum Gasteiger partial charge on any atom is 0.191 e. The van der Waals surface area contributed by atoms with Crippen molar-refractivity contribution in [3.8, 4) is 11.5 Å². The molecular formula is C22H36IN3O3. The summed E-state index contributed by atoms with van der Waals surface area (Å²) in [6.07, 6.45) is 7.84. The first-order chi connectivity index (χ1) is 13.7. The topological polar surface area (TPSA) is 75.1 Å². The number of aliphatic hydroxyl groups excluding tert-OH is 1. The van der Waals surface area contributed by atoms with Crippen molar-refractivity contribution in [1.29, 1.82) is 0 Å². The van der Waals surface area contributed by atoms with Gasteiger partial charge in [-0.05, 0) is 51.5 Å². The molecule has 2 unspecified atom stereocenters. The lowest BCUT2D eigenvalue weighted by atomic mass is 10.1. The third-order valence-corrected chi connectivity index (χ3v) is 5.77. The summed E-state index contributed by atoms with van der Waals surface area (Å²) in [4.78, 5) is 4.76. The van der Waals surface area contributed by atoms with Crippen LogP contribution in [0.4, 0.5) is 0 Å². The Morgan fingerprint density at radius 1 is 1.14 bits per heavy atom. The zero-order chi connectivity index (χ0) is 19.8. The third kappa shape index (κ3) is 6.91. The van der Waals surface area contributed by atoms with Crippen molar-refractivity contribution < 1.29 is 14.6 Å². The maximum atomic E-state index is 10.0. The van der Waals surface area contributed by atoms with Gasteiger partial charge in [0.05, 0.1) is 25.9 Å². The van der Waals surface area contributed by atoms with E-state index in [0.29, 0.717) is 12.5 Å². The van der Waals surface area contributed by atoms with Gasteiger partial charge in [0.25, 0.3) is 0 Å². The summed E-state index contributed by atoms with van der Waals surface area (Å²) >= 11 is 0. The lowest BCUT2D eigenvalue weighted by Gasteiger charge is -2.20. The van der Waals surface area contributed by atoms with Crippen LogP contribution in [-0.2, 0) is 6.54 Å². The van der Waals surface area contributed by atoms with Crippen LogP contribution in [0.15, 0.2) is 23.2 Å². The highest BCUT2D eigenvalue weighted by molar-refractivity contribution is 14.0. The molecule has 0 aliphatic heterocycles. The number of hydrogen-bond acceptors (Lipinski definition) is 4. The molecule has 3 rings (SSSR count). The first-order valence-corrected chi connectivity index (χ1v) is 10.7. The van der Waals surface area contributed by atoms with Gasteiger partial charge < -0.3 is 25.2 Å². The van der Waals surface area contributed by atoms with Crippen LogP contribution in [0.1, 0.15) is 57.4 Å². The maximum absolute atomic E-state index is 10.0. The smallest absolute Gasteiger partial charge is 0.191 e. The molecule has 0 saturated heterocycles. The number of rotatable bonds is 8. The minimum atomic E-state index is -0.194. The molecule has 0 spiro atoms. The Bertz CT molecular complexity index is 650. The normalized spacial score (nSPS) is 22.2. The molecular weight excluding hydrogens is 481 g/mol. The second-order valence-corrected chi connectivity index (χ2v) is 7.81. The molecule has 2 aliphatic rings. The monoisotopic (exact) mass is 517 g/mol. The molecule has 0 radical (unpaired) electrons. The molecule has 2 aliphatic carbocycles. The minimum absolute atomic E-state index is 0. The number of aliphatic imine (C=N–C) groups is 1. The second-order valence-electron chi connectivity index (χ2n) is 7.81. The number of aliphatic hydroxyl groups is 1. The van der Waals surface area contributed by atoms with Crippen LogP contribution in [0, 0.1) is 5.92 Å². The van der Waals surface area contributed by atoms with Crippen LogP contribution < -0.4 is 20.1 Å². The van der Waals surface area contributed by atoms with Crippen molar-refractivity contribution in [2.75, 3.05) is 20.2 Å². The van der Waals surface area contributed by atoms with Gasteiger partial charge in [-0.15, -0.1) is 24.0 Å². The van der Waals surface area contributed by atoms with Gasteiger partial charge in [0, 0.05) is 24.6 Å². The van der Waals surface area contributed by atoms with E-state index in [-0.39, 0.29) is 36.2 Å². The lowest BCUT2D eigenvalue weighted by molar-refractivity contribution is 0.134. The molecule has 2 saturated carbocycles. The molecule has 0 heterocycles. The summed E-state index contributed by atoms with van der Waals surface area (Å²) in [7, 11) is 1.68. The predicted molar refractivity (Wildman–Crippen MR) is 127 cm³/mol. The molecule has 6 nitrogen and oxygen atoms in total. The number of nitrogens with zero attached hydrogens (tertiary/aromatic N) is 1. The highest BCUT2D eigenvalue weighted by Gasteiger charge is 2.25. The standard InChI is InChI=1S/C22H35N3O3.HI/c1-3-23-22(24-14-16-8-6-12-19(16)26)25-15-17-9-7-13-20(27-2)21(17)28-18-10-4-5-11-18;/h7,9,13,16,18-19,26H,3-6,8,10-12,14-15H2,1-2H3,(H2,23,24,25);1H. The highest BCUT2D eigenvalue weighted by Crippen LogP contribution is 2.35. The Kier molecular flexibility index (Phi) is 10.3. The van der Waals surface area contributed by atoms with E-state index in [2.05, 4.69) is 23.6 Å². The van der Waals surface area contributed by atoms with Crippen molar-refractivity contribution in [2.45, 2.75) is 70.6 Å². The molecule has 0 bridgehead atoms. The fraction of sp³-hybridized carbons (Fsp3) is 0.682. The Hall–Kier alpha value is -1.22. The van der Waals surface area contributed by atoms with E-state index in [0.717, 1.165) is 68.2 Å². The number of methoxy groups -OCH3 is 1. The summed E-state index contributed by atoms with van der Waals surface area (Å²) in [6.45, 7) is 4.11. The van der Waals surface area contributed by atoms with Gasteiger partial charge in [0.2, 0.25) is 0 Å². The van der Waals surface area contributed by atoms with Crippen LogP contribution in [0.25, 0.3) is 0 Å². The number of benzene rings is 1. The van der Waals surface area contributed by atoms with Gasteiger partial charge >= 0.3 is 0 Å². The molecule has 0 amide bonds. The summed E-state index contributed by atoms with van der Waals surface area (Å²) in [5.74, 6) is 2.67. The first-order valence-electron chi connectivity index (χ1n) is 10.7. The first kappa shape index (κ1) is 24.1. The van der Waals surface area contributed by atoms with Crippen molar-refractivity contribution in [2.24, 2.45) is 10.9 Å². The lowest BCUT2D eigenvalue weighted by Crippen LogP contribution is -2.41. The zero-order valence-electron chi connectivity index (χ0n) is 17.7. The Morgan fingerprint density at radius 3 is 2.59 bits per heavy atom. The van der Waals surface area contributed by atoms with Crippen molar-refractivity contribution in [3.05, 3.63) is 23.8 Å². The predicted octanol–water partition coefficient (Wildman–Crippen LogP) is 3.85. The summed E-state index contributed by atoms with van der Waals surface area (Å²) in [5.41, 5.74) is 1.03. The van der Waals surface area contributed by atoms with E-state index in [1.54, 1.807) is 7.11 Å². The van der Waals surface area contributed by atoms with Crippen LogP contribution in [-0.4, -0.2) is 43.5 Å². The fourth-order valence-corrected chi connectivity index (χ4v) is 4.14. The summed E-state index contributed by atoms with van der Waals surface area (Å²) in [6, 6.07) is 5.99. The Morgan fingerprint density at radius 2 is 1.93 bits per heavy atom. The average molecular weight is 517 g/mol. The molecule has 164 valence electrons. The van der Waals surface area contributed by atoms with Gasteiger partial charge in [0.1, 0.15) is 0 Å². The molecule has 0 aromatic heterocycles. The van der Waals surface area contributed by atoms with Gasteiger partial charge in [-0.1, -0.05) is 18.6 Å². The number of nitrogens with one attached hydrogen (secondary N) is 2. The molecule has 29 heavy (non-hydrogen) atoms. The quantitative estimate of drug-likeness (QED) is 0.278. The molecule has 1 aromatic rings. The SMILES string of the molecule is CCNC(=NCc1cccc(OC)c1OC1CCCC1)NCC1CCCC1O.I. The molecule has 7 heteroatoms. The number of para-hydroxylation sites is 1. The van der Waals surface area contributed by atoms with Gasteiger partial charge in [0.15, 0.2) is 17.5 Å². The van der Waals surface area contributed by atoms with Crippen LogP contribution in [0.3, 0.4) is 0 Å². The van der Waals surface area contributed by atoms with E-state index >= 15 is 0 Å². The van der Waals surface area contributed by atoms with Crippen LogP contribution >= 0.6 is 24.0 Å². The Labute approximate surface area is 191 Å². The van der Waals surface area contributed by atoms with E-state index in [1.807, 2.05) is 12.1 Å². The fourth-order valence-electron chi connectivity index (χ4n) is 4.14.